The van der Waals surface area contributed by atoms with E-state index in [9.17, 15) is 14.7 Å². The van der Waals surface area contributed by atoms with Gasteiger partial charge in [0.25, 0.3) is 5.91 Å². The van der Waals surface area contributed by atoms with E-state index in [-0.39, 0.29) is 12.5 Å². The molecule has 2 rings (SSSR count). The quantitative estimate of drug-likeness (QED) is 0.415. The zero-order chi connectivity index (χ0) is 21.7. The van der Waals surface area contributed by atoms with Gasteiger partial charge in [-0.25, -0.2) is 4.79 Å². The number of amides is 1. The van der Waals surface area contributed by atoms with Crippen LogP contribution in [0.3, 0.4) is 0 Å². The Hall–Kier alpha value is -2.84. The Morgan fingerprint density at radius 2 is 1.93 bits per heavy atom. The number of benzene rings is 1. The summed E-state index contributed by atoms with van der Waals surface area (Å²) < 4.78 is 4.70. The van der Waals surface area contributed by atoms with Crippen molar-refractivity contribution in [3.05, 3.63) is 35.4 Å². The summed E-state index contributed by atoms with van der Waals surface area (Å²) in [6.07, 6.45) is 0.905. The van der Waals surface area contributed by atoms with Crippen molar-refractivity contribution in [1.29, 1.82) is 0 Å². The number of nitrogens with one attached hydrogen (secondary N) is 1. The molecule has 0 heterocycles. The minimum atomic E-state index is -1.06. The summed E-state index contributed by atoms with van der Waals surface area (Å²) in [5.41, 5.74) is 4.90. The predicted octanol–water partition coefficient (Wildman–Crippen LogP) is 0.184. The highest BCUT2D eigenvalue weighted by Crippen LogP contribution is 2.36. The number of hydrogen-bond donors (Lipinski definition) is 4. The maximum atomic E-state index is 12.4. The van der Waals surface area contributed by atoms with Crippen molar-refractivity contribution in [2.24, 2.45) is 11.7 Å². The van der Waals surface area contributed by atoms with Gasteiger partial charge in [-0.1, -0.05) is 11.8 Å². The second-order valence-electron chi connectivity index (χ2n) is 7.82. The number of rotatable bonds is 5. The van der Waals surface area contributed by atoms with Crippen LogP contribution < -0.4 is 11.1 Å². The molecular weight excluding hydrogens is 372 g/mol. The normalized spacial score (nSPS) is 21.4. The number of carbonyl (C=O) groups excluding carboxylic acids is 2. The molecule has 0 aromatic heterocycles. The van der Waals surface area contributed by atoms with Crippen molar-refractivity contribution in [1.82, 2.24) is 5.32 Å². The van der Waals surface area contributed by atoms with Crippen LogP contribution in [0.15, 0.2) is 24.3 Å². The summed E-state index contributed by atoms with van der Waals surface area (Å²) in [6, 6.07) is 5.48. The van der Waals surface area contributed by atoms with Gasteiger partial charge in [-0.15, -0.1) is 0 Å². The Morgan fingerprint density at radius 3 is 2.45 bits per heavy atom. The second-order valence-corrected chi connectivity index (χ2v) is 7.82. The van der Waals surface area contributed by atoms with E-state index in [0.717, 1.165) is 0 Å². The third kappa shape index (κ3) is 6.07. The third-order valence-electron chi connectivity index (χ3n) is 4.68. The molecule has 29 heavy (non-hydrogen) atoms. The van der Waals surface area contributed by atoms with E-state index in [4.69, 9.17) is 15.6 Å². The van der Waals surface area contributed by atoms with Gasteiger partial charge in [-0.3, -0.25) is 4.79 Å². The molecule has 0 aliphatic heterocycles. The van der Waals surface area contributed by atoms with Gasteiger partial charge >= 0.3 is 5.97 Å². The summed E-state index contributed by atoms with van der Waals surface area (Å²) in [5, 5.41) is 21.6. The Kier molecular flexibility index (Phi) is 7.05. The fourth-order valence-corrected chi connectivity index (χ4v) is 2.96. The lowest BCUT2D eigenvalue weighted by Gasteiger charge is -2.38. The molecule has 1 amide bonds. The molecule has 0 unspecified atom stereocenters. The third-order valence-corrected chi connectivity index (χ3v) is 4.68. The fourth-order valence-electron chi connectivity index (χ4n) is 2.96. The van der Waals surface area contributed by atoms with E-state index in [1.807, 2.05) is 0 Å². The molecule has 1 aromatic rings. The summed E-state index contributed by atoms with van der Waals surface area (Å²) in [6.45, 7) is 3.30. The van der Waals surface area contributed by atoms with Crippen LogP contribution in [0.5, 0.6) is 0 Å². The van der Waals surface area contributed by atoms with E-state index in [2.05, 4.69) is 29.0 Å². The molecule has 0 bridgehead atoms. The average Bonchev–Trinajstić information content (AvgIpc) is 2.66. The van der Waals surface area contributed by atoms with Crippen molar-refractivity contribution in [2.45, 2.75) is 43.9 Å². The zero-order valence-electron chi connectivity index (χ0n) is 16.8. The minimum Gasteiger partial charge on any atom is -0.467 e. The molecule has 1 saturated carbocycles. The van der Waals surface area contributed by atoms with Crippen molar-refractivity contribution >= 4 is 11.9 Å². The maximum Gasteiger partial charge on any atom is 0.330 e. The summed E-state index contributed by atoms with van der Waals surface area (Å²) in [5.74, 6) is 9.88. The molecule has 1 aromatic carbocycles. The van der Waals surface area contributed by atoms with Gasteiger partial charge < -0.3 is 26.0 Å². The van der Waals surface area contributed by atoms with Crippen LogP contribution in [0, 0.1) is 29.6 Å². The van der Waals surface area contributed by atoms with Crippen LogP contribution in [0.25, 0.3) is 0 Å². The number of hydrogen-bond acceptors (Lipinski definition) is 6. The smallest absolute Gasteiger partial charge is 0.330 e. The van der Waals surface area contributed by atoms with Crippen molar-refractivity contribution < 1.29 is 24.5 Å². The Bertz CT molecular complexity index is 872. The number of aliphatic hydroxyl groups is 2. The van der Waals surface area contributed by atoms with Crippen molar-refractivity contribution in [3.63, 3.8) is 0 Å². The number of nitrogens with two attached hydrogens (primary N) is 1. The van der Waals surface area contributed by atoms with Gasteiger partial charge in [0, 0.05) is 23.3 Å². The lowest BCUT2D eigenvalue weighted by molar-refractivity contribution is -0.144. The largest absolute Gasteiger partial charge is 0.467 e. The first-order valence-electron chi connectivity index (χ1n) is 9.22. The van der Waals surface area contributed by atoms with Crippen LogP contribution in [0.2, 0.25) is 0 Å². The molecule has 0 radical (unpaired) electrons. The van der Waals surface area contributed by atoms with E-state index in [0.29, 0.717) is 24.0 Å². The summed E-state index contributed by atoms with van der Waals surface area (Å²) in [7, 11) is 1.23. The molecule has 1 aliphatic rings. The van der Waals surface area contributed by atoms with Gasteiger partial charge in [0.1, 0.15) is 11.6 Å². The van der Waals surface area contributed by atoms with Crippen LogP contribution >= 0.6 is 0 Å². The summed E-state index contributed by atoms with van der Waals surface area (Å²) in [4.78, 5) is 24.3. The predicted molar refractivity (Wildman–Crippen MR) is 107 cm³/mol. The molecule has 0 saturated heterocycles. The monoisotopic (exact) mass is 398 g/mol. The maximum absolute atomic E-state index is 12.4. The van der Waals surface area contributed by atoms with Crippen LogP contribution in [-0.2, 0) is 9.53 Å². The van der Waals surface area contributed by atoms with E-state index >= 15 is 0 Å². The lowest BCUT2D eigenvalue weighted by atomic mass is 9.72. The Balaban J connectivity index is 2.00. The van der Waals surface area contributed by atoms with E-state index in [1.165, 1.54) is 7.11 Å². The topological polar surface area (TPSA) is 122 Å². The molecule has 7 heteroatoms. The lowest BCUT2D eigenvalue weighted by Crippen LogP contribution is -2.59. The molecule has 154 valence electrons. The first-order valence-corrected chi connectivity index (χ1v) is 9.22. The second kappa shape index (κ2) is 9.11. The molecule has 1 atom stereocenters. The molecule has 1 fully saturated rings. The highest BCUT2D eigenvalue weighted by Gasteiger charge is 2.40. The van der Waals surface area contributed by atoms with E-state index < -0.39 is 29.1 Å². The number of aliphatic hydroxyl groups excluding tert-OH is 1. The van der Waals surface area contributed by atoms with Gasteiger partial charge in [0.2, 0.25) is 0 Å². The number of methoxy groups -OCH3 is 1. The van der Waals surface area contributed by atoms with Crippen LogP contribution in [0.4, 0.5) is 0 Å². The highest BCUT2D eigenvalue weighted by atomic mass is 16.5. The molecule has 7 nitrogen and oxygen atoms in total. The van der Waals surface area contributed by atoms with Gasteiger partial charge in [0.05, 0.1) is 7.11 Å². The number of esters is 1. The zero-order valence-corrected chi connectivity index (χ0v) is 16.8. The minimum absolute atomic E-state index is 0.0543. The highest BCUT2D eigenvalue weighted by molar-refractivity contribution is 5.97. The number of ether oxygens (including phenoxy) is 1. The van der Waals surface area contributed by atoms with Crippen LogP contribution in [-0.4, -0.2) is 53.0 Å². The Labute approximate surface area is 170 Å². The fraction of sp³-hybridized carbons (Fsp3) is 0.455. The number of carbonyl (C=O) groups is 2. The van der Waals surface area contributed by atoms with Gasteiger partial charge in [0.15, 0.2) is 0 Å². The SMILES string of the molecule is COC(=O)[C@@H](NC(=O)c1ccc(C#CC#CC2(O)CC(CO)C2)cc1)C(C)(C)N. The molecule has 0 spiro atoms. The molecular formula is C22H26N2O5. The van der Waals surface area contributed by atoms with Crippen LogP contribution in [0.1, 0.15) is 42.6 Å². The van der Waals surface area contributed by atoms with E-state index in [1.54, 1.807) is 38.1 Å². The van der Waals surface area contributed by atoms with Crippen molar-refractivity contribution in [2.75, 3.05) is 13.7 Å². The van der Waals surface area contributed by atoms with Gasteiger partial charge in [-0.2, -0.15) is 0 Å². The standard InChI is InChI=1S/C22H26N2O5/c1-21(2,23)18(20(27)29-3)24-19(26)17-9-7-15(8-10-17)6-4-5-11-22(28)12-16(13-22)14-25/h7-10,16,18,25,28H,12-14,23H2,1-3H3,(H,24,26)/t16?,18-,22?/m1/s1. The van der Waals surface area contributed by atoms with Crippen molar-refractivity contribution in [3.8, 4) is 23.7 Å². The average molecular weight is 398 g/mol. The molecule has 1 aliphatic carbocycles. The molecule has 5 N–H and O–H groups in total. The van der Waals surface area contributed by atoms with Gasteiger partial charge in [-0.05, 0) is 68.7 Å². The summed E-state index contributed by atoms with van der Waals surface area (Å²) >= 11 is 0. The first-order chi connectivity index (χ1) is 13.6. The Morgan fingerprint density at radius 1 is 1.31 bits per heavy atom. The first kappa shape index (κ1) is 22.4.